The van der Waals surface area contributed by atoms with Gasteiger partial charge >= 0.3 is 0 Å². The maximum Gasteiger partial charge on any atom is 0.291 e. The molecule has 0 bridgehead atoms. The summed E-state index contributed by atoms with van der Waals surface area (Å²) >= 11 is 1.28. The molecule has 0 N–H and O–H groups in total. The van der Waals surface area contributed by atoms with Crippen LogP contribution in [0.15, 0.2) is 41.2 Å². The van der Waals surface area contributed by atoms with Crippen molar-refractivity contribution in [1.29, 1.82) is 0 Å². The highest BCUT2D eigenvalue weighted by molar-refractivity contribution is 7.15. The standard InChI is InChI=1S/C25H27N3O5S/c1-15(2)10-11-33-19-8-6-16(12-20(19)31-4)13-22-24(29)28-25(34-22)26-23(27-28)17-7-9-18(30-3)21(14-17)32-5/h6-9,12-15H,10-11H2,1-5H3/b22-13-. The zero-order valence-corrected chi connectivity index (χ0v) is 20.6. The summed E-state index contributed by atoms with van der Waals surface area (Å²) in [5.41, 5.74) is 1.33. The second-order valence-corrected chi connectivity index (χ2v) is 9.07. The molecule has 0 saturated heterocycles. The SMILES string of the molecule is COc1ccc(-c2nc3s/c(=C\c4ccc(OCCC(C)C)c(OC)c4)c(=O)n3n2)cc1OC. The van der Waals surface area contributed by atoms with Crippen LogP contribution in [0.5, 0.6) is 23.0 Å². The molecule has 2 aromatic carbocycles. The summed E-state index contributed by atoms with van der Waals surface area (Å²) in [6.45, 7) is 4.93. The molecule has 0 saturated carbocycles. The molecule has 0 unspecified atom stereocenters. The minimum Gasteiger partial charge on any atom is -0.493 e. The number of rotatable bonds is 9. The fourth-order valence-corrected chi connectivity index (χ4v) is 4.29. The fourth-order valence-electron chi connectivity index (χ4n) is 3.38. The Morgan fingerprint density at radius 1 is 0.971 bits per heavy atom. The molecule has 2 heterocycles. The van der Waals surface area contributed by atoms with Crippen molar-refractivity contribution in [3.63, 3.8) is 0 Å². The first kappa shape index (κ1) is 23.6. The average molecular weight is 482 g/mol. The molecule has 178 valence electrons. The van der Waals surface area contributed by atoms with Gasteiger partial charge in [-0.1, -0.05) is 31.3 Å². The van der Waals surface area contributed by atoms with Gasteiger partial charge in [-0.15, -0.1) is 5.10 Å². The highest BCUT2D eigenvalue weighted by atomic mass is 32.1. The second-order valence-electron chi connectivity index (χ2n) is 8.06. The minimum atomic E-state index is -0.226. The molecule has 8 nitrogen and oxygen atoms in total. The highest BCUT2D eigenvalue weighted by Crippen LogP contribution is 2.31. The van der Waals surface area contributed by atoms with Gasteiger partial charge in [-0.25, -0.2) is 0 Å². The lowest BCUT2D eigenvalue weighted by Gasteiger charge is -2.12. The van der Waals surface area contributed by atoms with Crippen molar-refractivity contribution in [3.05, 3.63) is 56.8 Å². The smallest absolute Gasteiger partial charge is 0.291 e. The molecule has 9 heteroatoms. The van der Waals surface area contributed by atoms with E-state index in [0.29, 0.717) is 50.8 Å². The van der Waals surface area contributed by atoms with Gasteiger partial charge in [0, 0.05) is 5.56 Å². The minimum absolute atomic E-state index is 0.226. The predicted molar refractivity (Wildman–Crippen MR) is 132 cm³/mol. The number of methoxy groups -OCH3 is 3. The molecule has 0 spiro atoms. The number of thiazole rings is 1. The molecular weight excluding hydrogens is 454 g/mol. The summed E-state index contributed by atoms with van der Waals surface area (Å²) in [5, 5.41) is 4.41. The van der Waals surface area contributed by atoms with E-state index in [1.165, 1.54) is 15.9 Å². The Morgan fingerprint density at radius 3 is 2.35 bits per heavy atom. The van der Waals surface area contributed by atoms with Gasteiger partial charge < -0.3 is 18.9 Å². The van der Waals surface area contributed by atoms with Crippen molar-refractivity contribution in [3.8, 4) is 34.4 Å². The van der Waals surface area contributed by atoms with E-state index in [2.05, 4.69) is 23.9 Å². The molecule has 0 aliphatic carbocycles. The van der Waals surface area contributed by atoms with Crippen molar-refractivity contribution < 1.29 is 18.9 Å². The van der Waals surface area contributed by atoms with Crippen molar-refractivity contribution in [2.45, 2.75) is 20.3 Å². The number of benzene rings is 2. The summed E-state index contributed by atoms with van der Waals surface area (Å²) in [7, 11) is 4.75. The second kappa shape index (κ2) is 10.1. The summed E-state index contributed by atoms with van der Waals surface area (Å²) in [6.07, 6.45) is 2.77. The van der Waals surface area contributed by atoms with Gasteiger partial charge in [-0.05, 0) is 54.3 Å². The van der Waals surface area contributed by atoms with Crippen molar-refractivity contribution in [2.75, 3.05) is 27.9 Å². The van der Waals surface area contributed by atoms with Crippen LogP contribution in [0.2, 0.25) is 0 Å². The van der Waals surface area contributed by atoms with Crippen LogP contribution >= 0.6 is 11.3 Å². The maximum absolute atomic E-state index is 13.0. The predicted octanol–water partition coefficient (Wildman–Crippen LogP) is 3.82. The first-order chi connectivity index (χ1) is 16.4. The van der Waals surface area contributed by atoms with Crippen LogP contribution in [0.4, 0.5) is 0 Å². The lowest BCUT2D eigenvalue weighted by Crippen LogP contribution is -2.23. The number of nitrogens with zero attached hydrogens (tertiary/aromatic N) is 3. The normalized spacial score (nSPS) is 11.9. The van der Waals surface area contributed by atoms with Crippen LogP contribution in [0.1, 0.15) is 25.8 Å². The average Bonchev–Trinajstić information content (AvgIpc) is 3.38. The molecule has 4 aromatic rings. The van der Waals surface area contributed by atoms with Crippen LogP contribution in [-0.2, 0) is 0 Å². The fraction of sp³-hybridized carbons (Fsp3) is 0.320. The van der Waals surface area contributed by atoms with E-state index >= 15 is 0 Å². The molecule has 2 aromatic heterocycles. The van der Waals surface area contributed by atoms with E-state index < -0.39 is 0 Å². The molecule has 0 aliphatic rings. The maximum atomic E-state index is 13.0. The van der Waals surface area contributed by atoms with E-state index in [4.69, 9.17) is 18.9 Å². The van der Waals surface area contributed by atoms with Crippen molar-refractivity contribution in [1.82, 2.24) is 14.6 Å². The highest BCUT2D eigenvalue weighted by Gasteiger charge is 2.14. The lowest BCUT2D eigenvalue weighted by atomic mass is 10.1. The van der Waals surface area contributed by atoms with Crippen LogP contribution in [0.3, 0.4) is 0 Å². The van der Waals surface area contributed by atoms with Gasteiger partial charge in [-0.2, -0.15) is 9.50 Å². The van der Waals surface area contributed by atoms with Crippen LogP contribution in [-0.4, -0.2) is 42.5 Å². The summed E-state index contributed by atoms with van der Waals surface area (Å²) in [5.74, 6) is 3.50. The monoisotopic (exact) mass is 481 g/mol. The third kappa shape index (κ3) is 4.84. The Kier molecular flexibility index (Phi) is 7.02. The van der Waals surface area contributed by atoms with Gasteiger partial charge in [0.2, 0.25) is 4.96 Å². The van der Waals surface area contributed by atoms with E-state index in [1.54, 1.807) is 39.5 Å². The molecule has 0 amide bonds. The number of fused-ring (bicyclic) bond motifs is 1. The Hall–Kier alpha value is -3.59. The molecule has 34 heavy (non-hydrogen) atoms. The number of ether oxygens (including phenoxy) is 4. The van der Waals surface area contributed by atoms with Gasteiger partial charge in [0.15, 0.2) is 28.8 Å². The van der Waals surface area contributed by atoms with Gasteiger partial charge in [-0.3, -0.25) is 4.79 Å². The number of aromatic nitrogens is 3. The molecule has 0 atom stereocenters. The van der Waals surface area contributed by atoms with Crippen LogP contribution in [0, 0.1) is 5.92 Å². The first-order valence-electron chi connectivity index (χ1n) is 10.9. The molecule has 4 rings (SSSR count). The molecule has 0 fully saturated rings. The topological polar surface area (TPSA) is 84.2 Å². The number of hydrogen-bond acceptors (Lipinski definition) is 8. The summed E-state index contributed by atoms with van der Waals surface area (Å²) in [6, 6.07) is 11.0. The Labute approximate surface area is 201 Å². The van der Waals surface area contributed by atoms with Crippen LogP contribution in [0.25, 0.3) is 22.4 Å². The van der Waals surface area contributed by atoms with Gasteiger partial charge in [0.25, 0.3) is 5.56 Å². The molecular formula is C25H27N3O5S. The Morgan fingerprint density at radius 2 is 1.68 bits per heavy atom. The van der Waals surface area contributed by atoms with Gasteiger partial charge in [0.05, 0.1) is 32.5 Å². The third-order valence-electron chi connectivity index (χ3n) is 5.26. The molecule has 0 aliphatic heterocycles. The third-order valence-corrected chi connectivity index (χ3v) is 6.22. The zero-order chi connectivity index (χ0) is 24.2. The largest absolute Gasteiger partial charge is 0.493 e. The lowest BCUT2D eigenvalue weighted by molar-refractivity contribution is 0.273. The Bertz CT molecular complexity index is 1410. The number of hydrogen-bond donors (Lipinski definition) is 0. The van der Waals surface area contributed by atoms with Crippen LogP contribution < -0.4 is 29.0 Å². The van der Waals surface area contributed by atoms with E-state index in [0.717, 1.165) is 17.5 Å². The quantitative estimate of drug-likeness (QED) is 0.359. The van der Waals surface area contributed by atoms with E-state index in [1.807, 2.05) is 24.3 Å². The molecule has 0 radical (unpaired) electrons. The zero-order valence-electron chi connectivity index (χ0n) is 19.8. The van der Waals surface area contributed by atoms with Crippen molar-refractivity contribution in [2.24, 2.45) is 5.92 Å². The van der Waals surface area contributed by atoms with E-state index in [-0.39, 0.29) is 5.56 Å². The summed E-state index contributed by atoms with van der Waals surface area (Å²) in [4.78, 5) is 18.0. The van der Waals surface area contributed by atoms with E-state index in [9.17, 15) is 4.79 Å². The summed E-state index contributed by atoms with van der Waals surface area (Å²) < 4.78 is 23.8. The van der Waals surface area contributed by atoms with Crippen molar-refractivity contribution >= 4 is 22.4 Å². The first-order valence-corrected chi connectivity index (χ1v) is 11.7. The van der Waals surface area contributed by atoms with Gasteiger partial charge in [0.1, 0.15) is 0 Å². The Balaban J connectivity index is 1.63.